The molecule has 2 aromatic rings. The minimum Gasteiger partial charge on any atom is -0.363 e. The number of amidine groups is 1. The highest BCUT2D eigenvalue weighted by molar-refractivity contribution is 6.28. The summed E-state index contributed by atoms with van der Waals surface area (Å²) in [5.41, 5.74) is 2.45. The zero-order valence-electron chi connectivity index (χ0n) is 10.5. The fourth-order valence-corrected chi connectivity index (χ4v) is 2.60. The molecule has 1 aliphatic heterocycles. The van der Waals surface area contributed by atoms with Gasteiger partial charge in [0.25, 0.3) is 0 Å². The van der Waals surface area contributed by atoms with Gasteiger partial charge in [-0.15, -0.1) is 11.6 Å². The number of rotatable bonds is 3. The lowest BCUT2D eigenvalue weighted by Gasteiger charge is -2.19. The molecule has 1 N–H and O–H groups in total. The van der Waals surface area contributed by atoms with Crippen LogP contribution in [-0.2, 0) is 0 Å². The average molecular weight is 271 g/mol. The van der Waals surface area contributed by atoms with E-state index in [0.717, 1.165) is 5.84 Å². The number of hydrogen-bond donors (Lipinski definition) is 1. The Morgan fingerprint density at radius 1 is 0.895 bits per heavy atom. The third kappa shape index (κ3) is 2.49. The zero-order chi connectivity index (χ0) is 13.1. The van der Waals surface area contributed by atoms with E-state index >= 15 is 0 Å². The molecule has 2 nitrogen and oxygen atoms in total. The molecule has 96 valence electrons. The molecule has 0 bridgehead atoms. The molecule has 0 fully saturated rings. The number of halogens is 1. The molecule has 0 unspecified atom stereocenters. The minimum absolute atomic E-state index is 0.0948. The molecule has 3 heteroatoms. The number of nitrogens with one attached hydrogen (secondary N) is 1. The Bertz CT molecular complexity index is 566. The van der Waals surface area contributed by atoms with Crippen molar-refractivity contribution < 1.29 is 0 Å². The summed E-state index contributed by atoms with van der Waals surface area (Å²) < 4.78 is 0. The van der Waals surface area contributed by atoms with Crippen LogP contribution in [0.3, 0.4) is 0 Å². The Hall–Kier alpha value is -1.80. The lowest BCUT2D eigenvalue weighted by Crippen LogP contribution is -2.25. The molecule has 2 aromatic carbocycles. The highest BCUT2D eigenvalue weighted by Crippen LogP contribution is 2.35. The third-order valence-corrected chi connectivity index (χ3v) is 3.61. The molecule has 1 aliphatic rings. The topological polar surface area (TPSA) is 24.4 Å². The molecule has 0 amide bonds. The van der Waals surface area contributed by atoms with Gasteiger partial charge < -0.3 is 5.32 Å². The quantitative estimate of drug-likeness (QED) is 0.845. The lowest BCUT2D eigenvalue weighted by atomic mass is 9.95. The first-order valence-corrected chi connectivity index (χ1v) is 6.91. The highest BCUT2D eigenvalue weighted by Gasteiger charge is 2.30. The zero-order valence-corrected chi connectivity index (χ0v) is 11.2. The van der Waals surface area contributed by atoms with E-state index in [4.69, 9.17) is 16.6 Å². The summed E-state index contributed by atoms with van der Waals surface area (Å²) in [5, 5.41) is 3.42. The predicted octanol–water partition coefficient (Wildman–Crippen LogP) is 3.71. The fraction of sp³-hybridized carbons (Fsp3) is 0.188. The summed E-state index contributed by atoms with van der Waals surface area (Å²) in [6.07, 6.45) is 0. The highest BCUT2D eigenvalue weighted by atomic mass is 35.5. The van der Waals surface area contributed by atoms with Crippen molar-refractivity contribution in [3.63, 3.8) is 0 Å². The Morgan fingerprint density at radius 2 is 1.47 bits per heavy atom. The van der Waals surface area contributed by atoms with Gasteiger partial charge in [-0.05, 0) is 11.1 Å². The van der Waals surface area contributed by atoms with Gasteiger partial charge in [-0.25, -0.2) is 0 Å². The van der Waals surface area contributed by atoms with E-state index in [1.807, 2.05) is 24.3 Å². The Kier molecular flexibility index (Phi) is 3.51. The van der Waals surface area contributed by atoms with Gasteiger partial charge in [-0.3, -0.25) is 4.99 Å². The van der Waals surface area contributed by atoms with E-state index in [0.29, 0.717) is 5.88 Å². The van der Waals surface area contributed by atoms with Gasteiger partial charge in [0.15, 0.2) is 0 Å². The van der Waals surface area contributed by atoms with Crippen LogP contribution in [0.2, 0.25) is 0 Å². The number of benzene rings is 2. The van der Waals surface area contributed by atoms with Crippen LogP contribution in [-0.4, -0.2) is 11.7 Å². The van der Waals surface area contributed by atoms with Crippen LogP contribution in [0.15, 0.2) is 65.7 Å². The third-order valence-electron chi connectivity index (χ3n) is 3.36. The second kappa shape index (κ2) is 5.45. The summed E-state index contributed by atoms with van der Waals surface area (Å²) in [4.78, 5) is 4.71. The minimum atomic E-state index is 0.0948. The summed E-state index contributed by atoms with van der Waals surface area (Å²) in [5.74, 6) is 1.29. The normalized spacial score (nSPS) is 21.8. The van der Waals surface area contributed by atoms with E-state index in [-0.39, 0.29) is 12.1 Å². The lowest BCUT2D eigenvalue weighted by molar-refractivity contribution is 0.572. The smallest absolute Gasteiger partial charge is 0.113 e. The predicted molar refractivity (Wildman–Crippen MR) is 79.7 cm³/mol. The fourth-order valence-electron chi connectivity index (χ4n) is 2.45. The van der Waals surface area contributed by atoms with Crippen LogP contribution >= 0.6 is 11.6 Å². The van der Waals surface area contributed by atoms with E-state index in [1.54, 1.807) is 0 Å². The van der Waals surface area contributed by atoms with E-state index in [1.165, 1.54) is 11.1 Å². The monoisotopic (exact) mass is 270 g/mol. The van der Waals surface area contributed by atoms with Crippen LogP contribution in [0.4, 0.5) is 0 Å². The molecule has 2 atom stereocenters. The van der Waals surface area contributed by atoms with Crippen LogP contribution in [0.5, 0.6) is 0 Å². The van der Waals surface area contributed by atoms with E-state index < -0.39 is 0 Å². The van der Waals surface area contributed by atoms with Gasteiger partial charge in [0.1, 0.15) is 11.9 Å². The van der Waals surface area contributed by atoms with Gasteiger partial charge in [0.05, 0.1) is 11.9 Å². The molecular formula is C16H15ClN2. The number of hydrogen-bond acceptors (Lipinski definition) is 2. The van der Waals surface area contributed by atoms with Gasteiger partial charge >= 0.3 is 0 Å². The van der Waals surface area contributed by atoms with Gasteiger partial charge in [-0.2, -0.15) is 0 Å². The van der Waals surface area contributed by atoms with Crippen molar-refractivity contribution in [1.29, 1.82) is 0 Å². The van der Waals surface area contributed by atoms with Crippen molar-refractivity contribution in [2.75, 3.05) is 5.88 Å². The maximum Gasteiger partial charge on any atom is 0.113 e. The maximum atomic E-state index is 5.92. The second-order valence-corrected chi connectivity index (χ2v) is 4.86. The van der Waals surface area contributed by atoms with Crippen LogP contribution in [0.1, 0.15) is 23.2 Å². The van der Waals surface area contributed by atoms with Crippen LogP contribution in [0, 0.1) is 0 Å². The molecular weight excluding hydrogens is 256 g/mol. The van der Waals surface area contributed by atoms with Gasteiger partial charge in [-0.1, -0.05) is 60.7 Å². The molecule has 0 saturated heterocycles. The Morgan fingerprint density at radius 3 is 2.05 bits per heavy atom. The molecule has 0 radical (unpaired) electrons. The van der Waals surface area contributed by atoms with E-state index in [9.17, 15) is 0 Å². The van der Waals surface area contributed by atoms with Crippen molar-refractivity contribution in [1.82, 2.24) is 5.32 Å². The average Bonchev–Trinajstić information content (AvgIpc) is 2.93. The van der Waals surface area contributed by atoms with Crippen molar-refractivity contribution in [3.8, 4) is 0 Å². The molecule has 0 aromatic heterocycles. The Labute approximate surface area is 118 Å². The molecule has 19 heavy (non-hydrogen) atoms. The van der Waals surface area contributed by atoms with E-state index in [2.05, 4.69) is 41.7 Å². The summed E-state index contributed by atoms with van der Waals surface area (Å²) >= 11 is 5.92. The first-order valence-electron chi connectivity index (χ1n) is 6.37. The van der Waals surface area contributed by atoms with Gasteiger partial charge in [0, 0.05) is 0 Å². The number of nitrogens with zero attached hydrogens (tertiary/aromatic N) is 1. The molecule has 0 spiro atoms. The first kappa shape index (κ1) is 12.2. The summed E-state index contributed by atoms with van der Waals surface area (Å²) in [6.45, 7) is 0. The maximum absolute atomic E-state index is 5.92. The first-order chi connectivity index (χ1) is 9.38. The SMILES string of the molecule is ClCC1=N[C@@H](c2ccccc2)[C@H](c2ccccc2)N1. The van der Waals surface area contributed by atoms with Crippen molar-refractivity contribution in [2.24, 2.45) is 4.99 Å². The largest absolute Gasteiger partial charge is 0.363 e. The van der Waals surface area contributed by atoms with Gasteiger partial charge in [0.2, 0.25) is 0 Å². The number of alkyl halides is 1. The Balaban J connectivity index is 1.96. The standard InChI is InChI=1S/C16H15ClN2/c17-11-14-18-15(12-7-3-1-4-8-12)16(19-14)13-9-5-2-6-10-13/h1-10,15-16H,11H2,(H,18,19)/t15-,16-/m0/s1. The van der Waals surface area contributed by atoms with Crippen molar-refractivity contribution in [2.45, 2.75) is 12.1 Å². The summed E-state index contributed by atoms with van der Waals surface area (Å²) in [7, 11) is 0. The molecule has 0 saturated carbocycles. The van der Waals surface area contributed by atoms with Crippen molar-refractivity contribution in [3.05, 3.63) is 71.8 Å². The second-order valence-electron chi connectivity index (χ2n) is 4.60. The molecule has 3 rings (SSSR count). The molecule has 0 aliphatic carbocycles. The summed E-state index contributed by atoms with van der Waals surface area (Å²) in [6, 6.07) is 21.0. The van der Waals surface area contributed by atoms with Crippen molar-refractivity contribution >= 4 is 17.4 Å². The van der Waals surface area contributed by atoms with Crippen LogP contribution < -0.4 is 5.32 Å². The number of aliphatic imine (C=N–C) groups is 1. The molecule has 1 heterocycles. The van der Waals surface area contributed by atoms with Crippen LogP contribution in [0.25, 0.3) is 0 Å².